The lowest BCUT2D eigenvalue weighted by atomic mass is 9.89. The van der Waals surface area contributed by atoms with E-state index in [9.17, 15) is 14.7 Å². The molecule has 1 aromatic carbocycles. The maximum atomic E-state index is 12.5. The minimum absolute atomic E-state index is 0.0312. The van der Waals surface area contributed by atoms with Gasteiger partial charge < -0.3 is 20.2 Å². The first kappa shape index (κ1) is 19.1. The van der Waals surface area contributed by atoms with Gasteiger partial charge in [-0.2, -0.15) is 0 Å². The second-order valence-corrected chi connectivity index (χ2v) is 7.26. The van der Waals surface area contributed by atoms with Crippen molar-refractivity contribution in [1.29, 1.82) is 0 Å². The number of rotatable bonds is 4. The quantitative estimate of drug-likeness (QED) is 0.878. The van der Waals surface area contributed by atoms with Gasteiger partial charge in [0.1, 0.15) is 11.8 Å². The molecule has 1 atom stereocenters. The summed E-state index contributed by atoms with van der Waals surface area (Å²) >= 11 is 0. The maximum absolute atomic E-state index is 12.5. The monoisotopic (exact) mass is 347 g/mol. The molecule has 1 saturated heterocycles. The van der Waals surface area contributed by atoms with Crippen molar-refractivity contribution in [3.05, 3.63) is 29.8 Å². The predicted octanol–water partition coefficient (Wildman–Crippen LogP) is 2.39. The molecule has 2 N–H and O–H groups in total. The van der Waals surface area contributed by atoms with Crippen molar-refractivity contribution in [3.8, 4) is 5.75 Å². The molecular formula is C19H29N3O3. The Kier molecular flexibility index (Phi) is 6.28. The average Bonchev–Trinajstić information content (AvgIpc) is 2.58. The van der Waals surface area contributed by atoms with Crippen molar-refractivity contribution in [2.75, 3.05) is 27.2 Å². The summed E-state index contributed by atoms with van der Waals surface area (Å²) in [5.41, 5.74) is 1.11. The lowest BCUT2D eigenvalue weighted by Crippen LogP contribution is -2.54. The van der Waals surface area contributed by atoms with Gasteiger partial charge in [0.05, 0.1) is 0 Å². The van der Waals surface area contributed by atoms with Gasteiger partial charge >= 0.3 is 6.03 Å². The summed E-state index contributed by atoms with van der Waals surface area (Å²) in [5.74, 6) is 0.571. The number of aromatic hydroxyl groups is 1. The normalized spacial score (nSPS) is 16.6. The number of carbonyl (C=O) groups is 2. The van der Waals surface area contributed by atoms with E-state index >= 15 is 0 Å². The van der Waals surface area contributed by atoms with Crippen LogP contribution in [0.1, 0.15) is 38.2 Å². The molecule has 1 fully saturated rings. The first-order valence-electron chi connectivity index (χ1n) is 8.85. The molecule has 0 aromatic heterocycles. The Morgan fingerprint density at radius 1 is 1.24 bits per heavy atom. The molecule has 1 aliphatic rings. The molecule has 0 aliphatic carbocycles. The number of urea groups is 1. The summed E-state index contributed by atoms with van der Waals surface area (Å²) in [6.07, 6.45) is 1.70. The molecular weight excluding hydrogens is 318 g/mol. The highest BCUT2D eigenvalue weighted by Crippen LogP contribution is 2.29. The minimum atomic E-state index is -0.508. The highest BCUT2D eigenvalue weighted by Gasteiger charge is 2.29. The smallest absolute Gasteiger partial charge is 0.318 e. The van der Waals surface area contributed by atoms with Crippen molar-refractivity contribution in [2.45, 2.75) is 38.6 Å². The number of carbonyl (C=O) groups excluding carboxylic acids is 2. The van der Waals surface area contributed by atoms with E-state index in [0.29, 0.717) is 19.0 Å². The van der Waals surface area contributed by atoms with Gasteiger partial charge in [0.25, 0.3) is 0 Å². The Bertz CT molecular complexity index is 608. The molecule has 1 aromatic rings. The third-order valence-corrected chi connectivity index (χ3v) is 4.78. The number of likely N-dealkylation sites (N-methyl/N-ethyl adjacent to an activating group) is 1. The molecule has 138 valence electrons. The fraction of sp³-hybridized carbons (Fsp3) is 0.579. The Morgan fingerprint density at radius 3 is 2.40 bits per heavy atom. The molecule has 1 aliphatic heterocycles. The summed E-state index contributed by atoms with van der Waals surface area (Å²) in [6, 6.07) is 6.65. The summed E-state index contributed by atoms with van der Waals surface area (Å²) in [6.45, 7) is 5.15. The third-order valence-electron chi connectivity index (χ3n) is 4.78. The van der Waals surface area contributed by atoms with Gasteiger partial charge in [-0.1, -0.05) is 26.0 Å². The van der Waals surface area contributed by atoms with Gasteiger partial charge in [-0.05, 0) is 42.4 Å². The minimum Gasteiger partial charge on any atom is -0.508 e. The third kappa shape index (κ3) is 4.87. The number of amides is 3. The lowest BCUT2D eigenvalue weighted by molar-refractivity contribution is -0.131. The van der Waals surface area contributed by atoms with Crippen molar-refractivity contribution in [3.63, 3.8) is 0 Å². The number of nitrogens with one attached hydrogen (secondary N) is 1. The molecule has 0 bridgehead atoms. The molecule has 0 saturated carbocycles. The summed E-state index contributed by atoms with van der Waals surface area (Å²) in [5, 5.41) is 12.5. The van der Waals surface area contributed by atoms with Crippen LogP contribution in [0.2, 0.25) is 0 Å². The zero-order valence-corrected chi connectivity index (χ0v) is 15.5. The van der Waals surface area contributed by atoms with E-state index in [1.807, 2.05) is 26.0 Å². The van der Waals surface area contributed by atoms with Crippen LogP contribution in [0.5, 0.6) is 5.75 Å². The van der Waals surface area contributed by atoms with Crippen LogP contribution in [-0.2, 0) is 4.79 Å². The SMILES string of the molecule is CC(C)C(NC(=O)N1CCC(c2cccc(O)c2)CC1)C(=O)N(C)C. The molecule has 6 heteroatoms. The summed E-state index contributed by atoms with van der Waals surface area (Å²) in [4.78, 5) is 28.1. The second kappa shape index (κ2) is 8.23. The molecule has 1 heterocycles. The van der Waals surface area contributed by atoms with E-state index in [1.54, 1.807) is 31.1 Å². The van der Waals surface area contributed by atoms with Gasteiger partial charge in [-0.25, -0.2) is 4.79 Å². The molecule has 2 rings (SSSR count). The fourth-order valence-electron chi connectivity index (χ4n) is 3.21. The Hall–Kier alpha value is -2.24. The average molecular weight is 347 g/mol. The molecule has 6 nitrogen and oxygen atoms in total. The summed E-state index contributed by atoms with van der Waals surface area (Å²) in [7, 11) is 3.40. The van der Waals surface area contributed by atoms with Crippen LogP contribution in [0.4, 0.5) is 4.79 Å². The van der Waals surface area contributed by atoms with E-state index in [2.05, 4.69) is 5.32 Å². The number of benzene rings is 1. The second-order valence-electron chi connectivity index (χ2n) is 7.26. The Morgan fingerprint density at radius 2 is 1.88 bits per heavy atom. The topological polar surface area (TPSA) is 72.9 Å². The van der Waals surface area contributed by atoms with Crippen molar-refractivity contribution in [1.82, 2.24) is 15.1 Å². The standard InChI is InChI=1S/C19H29N3O3/c1-13(2)17(18(24)21(3)4)20-19(25)22-10-8-14(9-11-22)15-6-5-7-16(23)12-15/h5-7,12-14,17,23H,8-11H2,1-4H3,(H,20,25). The van der Waals surface area contributed by atoms with E-state index in [1.165, 1.54) is 4.90 Å². The van der Waals surface area contributed by atoms with Crippen LogP contribution in [0.25, 0.3) is 0 Å². The van der Waals surface area contributed by atoms with Crippen LogP contribution in [0, 0.1) is 5.92 Å². The number of nitrogens with zero attached hydrogens (tertiary/aromatic N) is 2. The summed E-state index contributed by atoms with van der Waals surface area (Å²) < 4.78 is 0. The van der Waals surface area contributed by atoms with Crippen LogP contribution in [-0.4, -0.2) is 60.1 Å². The van der Waals surface area contributed by atoms with E-state index < -0.39 is 6.04 Å². The largest absolute Gasteiger partial charge is 0.508 e. The fourth-order valence-corrected chi connectivity index (χ4v) is 3.21. The van der Waals surface area contributed by atoms with Crippen molar-refractivity contribution >= 4 is 11.9 Å². The lowest BCUT2D eigenvalue weighted by Gasteiger charge is -2.34. The van der Waals surface area contributed by atoms with E-state index in [0.717, 1.165) is 18.4 Å². The molecule has 25 heavy (non-hydrogen) atoms. The number of likely N-dealkylation sites (tertiary alicyclic amines) is 1. The first-order valence-corrected chi connectivity index (χ1v) is 8.85. The Balaban J connectivity index is 1.93. The highest BCUT2D eigenvalue weighted by atomic mass is 16.3. The molecule has 3 amide bonds. The van der Waals surface area contributed by atoms with Crippen LogP contribution in [0.15, 0.2) is 24.3 Å². The van der Waals surface area contributed by atoms with Crippen LogP contribution in [0.3, 0.4) is 0 Å². The number of piperidine rings is 1. The first-order chi connectivity index (χ1) is 11.8. The predicted molar refractivity (Wildman–Crippen MR) is 97.5 cm³/mol. The molecule has 1 unspecified atom stereocenters. The van der Waals surface area contributed by atoms with Gasteiger partial charge in [-0.3, -0.25) is 4.79 Å². The zero-order valence-electron chi connectivity index (χ0n) is 15.5. The number of phenols is 1. The maximum Gasteiger partial charge on any atom is 0.318 e. The number of hydrogen-bond donors (Lipinski definition) is 2. The van der Waals surface area contributed by atoms with E-state index in [4.69, 9.17) is 0 Å². The van der Waals surface area contributed by atoms with Gasteiger partial charge in [0.15, 0.2) is 0 Å². The number of hydrogen-bond acceptors (Lipinski definition) is 3. The van der Waals surface area contributed by atoms with Crippen molar-refractivity contribution < 1.29 is 14.7 Å². The Labute approximate surface area is 149 Å². The van der Waals surface area contributed by atoms with Crippen LogP contribution < -0.4 is 5.32 Å². The zero-order chi connectivity index (χ0) is 18.6. The van der Waals surface area contributed by atoms with Crippen molar-refractivity contribution in [2.24, 2.45) is 5.92 Å². The highest BCUT2D eigenvalue weighted by molar-refractivity contribution is 5.87. The van der Waals surface area contributed by atoms with Gasteiger partial charge in [0, 0.05) is 27.2 Å². The molecule has 0 spiro atoms. The van der Waals surface area contributed by atoms with E-state index in [-0.39, 0.29) is 23.6 Å². The van der Waals surface area contributed by atoms with Gasteiger partial charge in [-0.15, -0.1) is 0 Å². The number of phenolic OH excluding ortho intramolecular Hbond substituents is 1. The molecule has 0 radical (unpaired) electrons. The van der Waals surface area contributed by atoms with Gasteiger partial charge in [0.2, 0.25) is 5.91 Å². The van der Waals surface area contributed by atoms with Crippen LogP contribution >= 0.6 is 0 Å².